The Balaban J connectivity index is 2.17. The third-order valence-corrected chi connectivity index (χ3v) is 4.73. The molecule has 32 heavy (non-hydrogen) atoms. The Labute approximate surface area is 185 Å². The maximum atomic E-state index is 14.0. The van der Waals surface area contributed by atoms with Gasteiger partial charge in [0.05, 0.1) is 16.8 Å². The summed E-state index contributed by atoms with van der Waals surface area (Å²) in [5, 5.41) is 8.53. The summed E-state index contributed by atoms with van der Waals surface area (Å²) in [6.07, 6.45) is 5.06. The Morgan fingerprint density at radius 3 is 2.56 bits per heavy atom. The van der Waals surface area contributed by atoms with E-state index in [2.05, 4.69) is 27.0 Å². The fourth-order valence-corrected chi connectivity index (χ4v) is 2.98. The van der Waals surface area contributed by atoms with Gasteiger partial charge in [0.2, 0.25) is 5.95 Å². The van der Waals surface area contributed by atoms with E-state index in [0.717, 1.165) is 19.3 Å². The maximum absolute atomic E-state index is 14.0. The van der Waals surface area contributed by atoms with Crippen LogP contribution in [0.3, 0.4) is 0 Å². The van der Waals surface area contributed by atoms with Crippen LogP contribution in [0, 0.1) is 5.82 Å². The number of benzene rings is 1. The Bertz CT molecular complexity index is 959. The summed E-state index contributed by atoms with van der Waals surface area (Å²) < 4.78 is 40.6. The van der Waals surface area contributed by atoms with E-state index in [1.54, 1.807) is 11.9 Å². The number of anilines is 2. The molecular formula is C22H27F3N6O. The van der Waals surface area contributed by atoms with Gasteiger partial charge in [-0.3, -0.25) is 9.80 Å². The minimum atomic E-state index is -3.03. The van der Waals surface area contributed by atoms with E-state index in [0.29, 0.717) is 12.2 Å². The monoisotopic (exact) mass is 448 g/mol. The number of carbonyl (C=O) groups excluding carboxylic acids is 1. The van der Waals surface area contributed by atoms with Crippen molar-refractivity contribution in [2.75, 3.05) is 30.5 Å². The van der Waals surface area contributed by atoms with Crippen molar-refractivity contribution < 1.29 is 18.0 Å². The van der Waals surface area contributed by atoms with E-state index in [1.807, 2.05) is 13.8 Å². The van der Waals surface area contributed by atoms with E-state index in [9.17, 15) is 18.0 Å². The molecule has 0 aliphatic carbocycles. The Morgan fingerprint density at radius 1 is 1.34 bits per heavy atom. The predicted molar refractivity (Wildman–Crippen MR) is 120 cm³/mol. The highest BCUT2D eigenvalue weighted by atomic mass is 19.3. The molecule has 1 heterocycles. The number of aromatic nitrogens is 2. The average Bonchev–Trinajstić information content (AvgIpc) is 2.76. The van der Waals surface area contributed by atoms with Crippen LogP contribution >= 0.6 is 0 Å². The van der Waals surface area contributed by atoms with Crippen LogP contribution in [-0.2, 0) is 5.92 Å². The lowest BCUT2D eigenvalue weighted by Gasteiger charge is -2.29. The Kier molecular flexibility index (Phi) is 8.34. The first kappa shape index (κ1) is 24.8. The molecule has 172 valence electrons. The minimum Gasteiger partial charge on any atom is -0.352 e. The lowest BCUT2D eigenvalue weighted by atomic mass is 10.1. The molecule has 0 spiro atoms. The number of hydrogen-bond acceptors (Lipinski definition) is 6. The van der Waals surface area contributed by atoms with Gasteiger partial charge in [0.1, 0.15) is 5.82 Å². The average molecular weight is 448 g/mol. The van der Waals surface area contributed by atoms with Gasteiger partial charge in [0.15, 0.2) is 0 Å². The van der Waals surface area contributed by atoms with Crippen molar-refractivity contribution in [3.63, 3.8) is 0 Å². The van der Waals surface area contributed by atoms with E-state index in [-0.39, 0.29) is 35.6 Å². The van der Waals surface area contributed by atoms with Crippen LogP contribution in [0.15, 0.2) is 48.3 Å². The van der Waals surface area contributed by atoms with Crippen LogP contribution in [0.1, 0.15) is 36.7 Å². The molecule has 2 aromatic rings. The van der Waals surface area contributed by atoms with Crippen molar-refractivity contribution in [3.05, 3.63) is 60.2 Å². The number of allylic oxidation sites excluding steroid dienone is 1. The number of nitrogens with one attached hydrogen (secondary N) is 1. The Morgan fingerprint density at radius 2 is 2.00 bits per heavy atom. The van der Waals surface area contributed by atoms with E-state index in [1.165, 1.54) is 35.5 Å². The molecule has 2 rings (SSSR count). The molecule has 1 amide bonds. The molecule has 0 saturated heterocycles. The molecule has 0 aliphatic rings. The highest BCUT2D eigenvalue weighted by Gasteiger charge is 2.26. The molecule has 7 nitrogen and oxygen atoms in total. The number of carbonyl (C=O) groups is 1. The SMILES string of the molecule is C=C/C=N\N(C)c1ccc(F)cc1C(=O)N(CC)C(C)CNc1ncc(C(C)(F)F)cn1. The van der Waals surface area contributed by atoms with Crippen LogP contribution in [-0.4, -0.2) is 53.2 Å². The summed E-state index contributed by atoms with van der Waals surface area (Å²) in [7, 11) is 1.64. The topological polar surface area (TPSA) is 73.7 Å². The van der Waals surface area contributed by atoms with Gasteiger partial charge in [-0.25, -0.2) is 23.1 Å². The lowest BCUT2D eigenvalue weighted by Crippen LogP contribution is -2.42. The maximum Gasteiger partial charge on any atom is 0.273 e. The summed E-state index contributed by atoms with van der Waals surface area (Å²) in [6, 6.07) is 3.58. The van der Waals surface area contributed by atoms with Gasteiger partial charge in [0, 0.05) is 51.7 Å². The fourth-order valence-electron chi connectivity index (χ4n) is 2.98. The van der Waals surface area contributed by atoms with Gasteiger partial charge < -0.3 is 10.2 Å². The quantitative estimate of drug-likeness (QED) is 0.433. The molecule has 1 atom stereocenters. The van der Waals surface area contributed by atoms with Crippen LogP contribution in [0.5, 0.6) is 0 Å². The number of amides is 1. The first-order valence-corrected chi connectivity index (χ1v) is 10.0. The van der Waals surface area contributed by atoms with Crippen molar-refractivity contribution in [2.24, 2.45) is 5.10 Å². The van der Waals surface area contributed by atoms with Gasteiger partial charge in [0.25, 0.3) is 11.8 Å². The molecule has 0 radical (unpaired) electrons. The summed E-state index contributed by atoms with van der Waals surface area (Å²) >= 11 is 0. The second-order valence-electron chi connectivity index (χ2n) is 7.19. The van der Waals surface area contributed by atoms with Crippen molar-refractivity contribution >= 4 is 23.8 Å². The van der Waals surface area contributed by atoms with Crippen LogP contribution < -0.4 is 10.3 Å². The number of hydrazone groups is 1. The smallest absolute Gasteiger partial charge is 0.273 e. The first-order valence-electron chi connectivity index (χ1n) is 10.0. The third kappa shape index (κ3) is 6.29. The molecule has 0 aliphatic heterocycles. The summed E-state index contributed by atoms with van der Waals surface area (Å²) in [4.78, 5) is 22.6. The molecule has 0 fully saturated rings. The molecule has 0 saturated carbocycles. The molecule has 1 aromatic heterocycles. The van der Waals surface area contributed by atoms with Crippen LogP contribution in [0.25, 0.3) is 0 Å². The molecule has 1 unspecified atom stereocenters. The summed E-state index contributed by atoms with van der Waals surface area (Å²) in [5.41, 5.74) is 0.309. The third-order valence-electron chi connectivity index (χ3n) is 4.73. The normalized spacial score (nSPS) is 12.5. The number of rotatable bonds is 10. The summed E-state index contributed by atoms with van der Waals surface area (Å²) in [5.74, 6) is -3.78. The van der Waals surface area contributed by atoms with Gasteiger partial charge >= 0.3 is 0 Å². The molecule has 10 heteroatoms. The number of likely N-dealkylation sites (N-methyl/N-ethyl adjacent to an activating group) is 1. The number of alkyl halides is 2. The zero-order chi connectivity index (χ0) is 23.9. The van der Waals surface area contributed by atoms with Gasteiger partial charge in [-0.1, -0.05) is 6.58 Å². The fraction of sp³-hybridized carbons (Fsp3) is 0.364. The van der Waals surface area contributed by atoms with Crippen LogP contribution in [0.2, 0.25) is 0 Å². The van der Waals surface area contributed by atoms with E-state index in [4.69, 9.17) is 0 Å². The second-order valence-corrected chi connectivity index (χ2v) is 7.19. The second kappa shape index (κ2) is 10.7. The summed E-state index contributed by atoms with van der Waals surface area (Å²) in [6.45, 7) is 8.56. The first-order chi connectivity index (χ1) is 15.1. The minimum absolute atomic E-state index is 0.160. The largest absolute Gasteiger partial charge is 0.352 e. The number of nitrogens with zero attached hydrogens (tertiary/aromatic N) is 5. The highest BCUT2D eigenvalue weighted by Crippen LogP contribution is 2.26. The van der Waals surface area contributed by atoms with Crippen LogP contribution in [0.4, 0.5) is 24.8 Å². The van der Waals surface area contributed by atoms with Crippen molar-refractivity contribution in [1.29, 1.82) is 0 Å². The standard InChI is InChI=1S/C22H27F3N6O/c1-6-10-29-30(5)19-9-8-17(23)11-18(19)20(32)31(7-2)15(3)12-26-21-27-13-16(14-28-21)22(4,24)25/h6,8-11,13-15H,1,7,12H2,2-5H3,(H,26,27,28)/b29-10-. The Hall–Kier alpha value is -3.43. The van der Waals surface area contributed by atoms with E-state index >= 15 is 0 Å². The molecular weight excluding hydrogens is 421 g/mol. The lowest BCUT2D eigenvalue weighted by molar-refractivity contribution is 0.0167. The zero-order valence-corrected chi connectivity index (χ0v) is 18.5. The number of hydrogen-bond donors (Lipinski definition) is 1. The van der Waals surface area contributed by atoms with Crippen molar-refractivity contribution in [2.45, 2.75) is 32.7 Å². The van der Waals surface area contributed by atoms with Crippen molar-refractivity contribution in [3.8, 4) is 0 Å². The molecule has 1 N–H and O–H groups in total. The van der Waals surface area contributed by atoms with Gasteiger partial charge in [-0.05, 0) is 38.1 Å². The van der Waals surface area contributed by atoms with Gasteiger partial charge in [-0.2, -0.15) is 5.10 Å². The van der Waals surface area contributed by atoms with E-state index < -0.39 is 11.7 Å². The molecule has 0 bridgehead atoms. The number of halogens is 3. The van der Waals surface area contributed by atoms with Gasteiger partial charge in [-0.15, -0.1) is 0 Å². The molecule has 1 aromatic carbocycles. The highest BCUT2D eigenvalue weighted by molar-refractivity contribution is 6.00. The van der Waals surface area contributed by atoms with Crippen molar-refractivity contribution in [1.82, 2.24) is 14.9 Å². The predicted octanol–water partition coefficient (Wildman–Crippen LogP) is 4.30. The zero-order valence-electron chi connectivity index (χ0n) is 18.5.